The number of aliphatic hydroxyl groups excluding tert-OH is 1. The van der Waals surface area contributed by atoms with Gasteiger partial charge in [0.25, 0.3) is 0 Å². The molecule has 1 N–H and O–H groups in total. The van der Waals surface area contributed by atoms with Crippen molar-refractivity contribution in [2.75, 3.05) is 6.61 Å². The van der Waals surface area contributed by atoms with Crippen LogP contribution in [0.4, 0.5) is 0 Å². The molecule has 0 radical (unpaired) electrons. The van der Waals surface area contributed by atoms with E-state index in [4.69, 9.17) is 5.11 Å². The van der Waals surface area contributed by atoms with Crippen molar-refractivity contribution in [2.45, 2.75) is 6.92 Å². The molecule has 0 aromatic heterocycles. The fourth-order valence-corrected chi connectivity index (χ4v) is 0.181. The predicted octanol–water partition coefficient (Wildman–Crippen LogP) is 0.0555. The molecule has 46 valence electrons. The Kier molecular flexibility index (Phi) is 3.88. The molecule has 0 heterocycles. The Hall–Kier alpha value is -0.830. The van der Waals surface area contributed by atoms with E-state index in [-0.39, 0.29) is 0 Å². The van der Waals surface area contributed by atoms with Crippen molar-refractivity contribution in [3.63, 3.8) is 0 Å². The number of carbonyl (C=O) groups is 1. The van der Waals surface area contributed by atoms with Crippen LogP contribution in [-0.4, -0.2) is 17.7 Å². The second kappa shape index (κ2) is 4.33. The van der Waals surface area contributed by atoms with Crippen molar-refractivity contribution >= 4 is 5.97 Å². The van der Waals surface area contributed by atoms with Gasteiger partial charge >= 0.3 is 5.97 Å². The normalized spacial score (nSPS) is 9.75. The van der Waals surface area contributed by atoms with E-state index in [1.165, 1.54) is 6.26 Å². The number of esters is 1. The Labute approximate surface area is 47.6 Å². The minimum Gasteiger partial charge on any atom is -0.433 e. The molecule has 3 heteroatoms. The molecular formula is C5H8O3. The number of allylic oxidation sites excluding steroid dienone is 1. The standard InChI is InChI=1S/C5H8O3/c1-2-3-8-5(7)4-6/h2-3,6H,4H2,1H3. The first-order valence-corrected chi connectivity index (χ1v) is 2.22. The van der Waals surface area contributed by atoms with Gasteiger partial charge < -0.3 is 9.84 Å². The van der Waals surface area contributed by atoms with Crippen molar-refractivity contribution in [3.8, 4) is 0 Å². The number of hydrogen-bond donors (Lipinski definition) is 1. The van der Waals surface area contributed by atoms with Gasteiger partial charge in [-0.25, -0.2) is 4.79 Å². The molecule has 0 bridgehead atoms. The highest BCUT2D eigenvalue weighted by molar-refractivity contribution is 5.70. The maximum atomic E-state index is 10.0. The van der Waals surface area contributed by atoms with E-state index >= 15 is 0 Å². The average molecular weight is 116 g/mol. The van der Waals surface area contributed by atoms with Crippen LogP contribution in [0.1, 0.15) is 6.92 Å². The maximum Gasteiger partial charge on any atom is 0.336 e. The number of ether oxygens (including phenoxy) is 1. The summed E-state index contributed by atoms with van der Waals surface area (Å²) in [4.78, 5) is 10.0. The molecule has 0 aliphatic carbocycles. The van der Waals surface area contributed by atoms with Crippen LogP contribution in [-0.2, 0) is 9.53 Å². The lowest BCUT2D eigenvalue weighted by Gasteiger charge is -1.89. The zero-order valence-electron chi connectivity index (χ0n) is 4.63. The second-order valence-corrected chi connectivity index (χ2v) is 1.12. The lowest BCUT2D eigenvalue weighted by atomic mass is 10.7. The van der Waals surface area contributed by atoms with Crippen LogP contribution in [0.5, 0.6) is 0 Å². The largest absolute Gasteiger partial charge is 0.433 e. The van der Waals surface area contributed by atoms with Crippen molar-refractivity contribution in [3.05, 3.63) is 12.3 Å². The topological polar surface area (TPSA) is 46.5 Å². The molecule has 0 spiro atoms. The van der Waals surface area contributed by atoms with Crippen molar-refractivity contribution in [1.82, 2.24) is 0 Å². The predicted molar refractivity (Wildman–Crippen MR) is 28.0 cm³/mol. The molecular weight excluding hydrogens is 108 g/mol. The molecule has 3 nitrogen and oxygen atoms in total. The van der Waals surface area contributed by atoms with E-state index in [0.717, 1.165) is 0 Å². The smallest absolute Gasteiger partial charge is 0.336 e. The minimum absolute atomic E-state index is 0.565. The maximum absolute atomic E-state index is 10.0. The third-order valence-electron chi connectivity index (χ3n) is 0.465. The van der Waals surface area contributed by atoms with Crippen molar-refractivity contribution < 1.29 is 14.6 Å². The van der Waals surface area contributed by atoms with E-state index in [1.54, 1.807) is 13.0 Å². The van der Waals surface area contributed by atoms with E-state index < -0.39 is 12.6 Å². The van der Waals surface area contributed by atoms with Gasteiger partial charge in [0.1, 0.15) is 6.61 Å². The fraction of sp³-hybridized carbons (Fsp3) is 0.400. The first-order valence-electron chi connectivity index (χ1n) is 2.22. The number of aliphatic hydroxyl groups is 1. The first kappa shape index (κ1) is 7.17. The molecule has 0 saturated carbocycles. The molecule has 0 rings (SSSR count). The zero-order chi connectivity index (χ0) is 6.41. The van der Waals surface area contributed by atoms with Crippen molar-refractivity contribution in [1.29, 1.82) is 0 Å². The van der Waals surface area contributed by atoms with Crippen LogP contribution < -0.4 is 0 Å². The third kappa shape index (κ3) is 3.36. The van der Waals surface area contributed by atoms with Gasteiger partial charge in [-0.3, -0.25) is 0 Å². The second-order valence-electron chi connectivity index (χ2n) is 1.12. The summed E-state index contributed by atoms with van der Waals surface area (Å²) in [5.74, 6) is -0.636. The van der Waals surface area contributed by atoms with Gasteiger partial charge in [0, 0.05) is 0 Å². The van der Waals surface area contributed by atoms with E-state index in [2.05, 4.69) is 4.74 Å². The van der Waals surface area contributed by atoms with Crippen LogP contribution >= 0.6 is 0 Å². The average Bonchev–Trinajstić information content (AvgIpc) is 1.83. The van der Waals surface area contributed by atoms with Gasteiger partial charge in [0.05, 0.1) is 6.26 Å². The van der Waals surface area contributed by atoms with Crippen LogP contribution in [0.3, 0.4) is 0 Å². The minimum atomic E-state index is -0.636. The quantitative estimate of drug-likeness (QED) is 0.409. The lowest BCUT2D eigenvalue weighted by Crippen LogP contribution is -2.03. The van der Waals surface area contributed by atoms with Crippen LogP contribution in [0.25, 0.3) is 0 Å². The highest BCUT2D eigenvalue weighted by Crippen LogP contribution is 1.76. The molecule has 0 aliphatic rings. The monoisotopic (exact) mass is 116 g/mol. The molecule has 8 heavy (non-hydrogen) atoms. The fourth-order valence-electron chi connectivity index (χ4n) is 0.181. The first-order chi connectivity index (χ1) is 3.81. The van der Waals surface area contributed by atoms with Gasteiger partial charge in [-0.05, 0) is 6.92 Å². The Balaban J connectivity index is 3.25. The summed E-state index contributed by atoms with van der Waals surface area (Å²) in [5, 5.41) is 8.05. The van der Waals surface area contributed by atoms with Gasteiger partial charge in [-0.2, -0.15) is 0 Å². The van der Waals surface area contributed by atoms with E-state index in [1.807, 2.05) is 0 Å². The summed E-state index contributed by atoms with van der Waals surface area (Å²) in [6.07, 6.45) is 2.78. The Morgan fingerprint density at radius 3 is 2.88 bits per heavy atom. The van der Waals surface area contributed by atoms with Crippen LogP contribution in [0, 0.1) is 0 Å². The number of carbonyl (C=O) groups excluding carboxylic acids is 1. The Bertz CT molecular complexity index is 95.8. The Morgan fingerprint density at radius 1 is 1.88 bits per heavy atom. The number of hydrogen-bond acceptors (Lipinski definition) is 3. The van der Waals surface area contributed by atoms with E-state index in [0.29, 0.717) is 0 Å². The summed E-state index contributed by atoms with van der Waals surface area (Å²) in [6.45, 7) is 1.15. The lowest BCUT2D eigenvalue weighted by molar-refractivity contribution is -0.141. The molecule has 0 amide bonds. The molecule has 0 atom stereocenters. The van der Waals surface area contributed by atoms with Crippen molar-refractivity contribution in [2.24, 2.45) is 0 Å². The summed E-state index contributed by atoms with van der Waals surface area (Å²) < 4.78 is 4.27. The van der Waals surface area contributed by atoms with Gasteiger partial charge in [-0.15, -0.1) is 0 Å². The number of rotatable bonds is 2. The van der Waals surface area contributed by atoms with Crippen LogP contribution in [0.2, 0.25) is 0 Å². The van der Waals surface area contributed by atoms with E-state index in [9.17, 15) is 4.79 Å². The SMILES string of the molecule is CC=COC(=O)CO. The zero-order valence-corrected chi connectivity index (χ0v) is 4.63. The molecule has 0 aromatic carbocycles. The molecule has 0 aliphatic heterocycles. The molecule has 0 fully saturated rings. The highest BCUT2D eigenvalue weighted by Gasteiger charge is 1.92. The summed E-state index contributed by atoms with van der Waals surface area (Å²) in [6, 6.07) is 0. The summed E-state index contributed by atoms with van der Waals surface area (Å²) in [7, 11) is 0. The van der Waals surface area contributed by atoms with Gasteiger partial charge in [0.15, 0.2) is 0 Å². The molecule has 0 unspecified atom stereocenters. The summed E-state index contributed by atoms with van der Waals surface area (Å²) >= 11 is 0. The molecule has 0 saturated heterocycles. The van der Waals surface area contributed by atoms with Crippen LogP contribution in [0.15, 0.2) is 12.3 Å². The summed E-state index contributed by atoms with van der Waals surface area (Å²) in [5.41, 5.74) is 0. The Morgan fingerprint density at radius 2 is 2.50 bits per heavy atom. The third-order valence-corrected chi connectivity index (χ3v) is 0.465. The molecule has 0 aromatic rings. The van der Waals surface area contributed by atoms with Gasteiger partial charge in [-0.1, -0.05) is 6.08 Å². The highest BCUT2D eigenvalue weighted by atomic mass is 16.5. The van der Waals surface area contributed by atoms with Gasteiger partial charge in [0.2, 0.25) is 0 Å².